The third kappa shape index (κ3) is 12.4. The molecule has 8 rings (SSSR count). The Balaban J connectivity index is 0.856. The number of imide groups is 1. The molecule has 6 N–H and O–H groups in total. The van der Waals surface area contributed by atoms with Gasteiger partial charge in [0.2, 0.25) is 35.6 Å². The molecular formula is C55H59F3N8O13. The van der Waals surface area contributed by atoms with Gasteiger partial charge >= 0.3 is 12.1 Å². The number of Topliss-reactive ketones (excluding diaryl/α,β-unsaturated/α-hetero) is 1. The smallest absolute Gasteiger partial charge is 0.421 e. The number of hydrogen-bond donors (Lipinski definition) is 6. The maximum atomic E-state index is 14.7. The van der Waals surface area contributed by atoms with Crippen LogP contribution in [0.4, 0.5) is 13.2 Å². The van der Waals surface area contributed by atoms with Gasteiger partial charge in [0.05, 0.1) is 48.6 Å². The molecule has 0 bridgehead atoms. The lowest BCUT2D eigenvalue weighted by molar-refractivity contribution is -0.219. The van der Waals surface area contributed by atoms with Gasteiger partial charge in [-0.05, 0) is 91.8 Å². The molecule has 24 heteroatoms. The second-order valence-corrected chi connectivity index (χ2v) is 19.9. The fraction of sp³-hybridized carbons (Fsp3) is 0.436. The Bertz CT molecular complexity index is 3230. The SMILES string of the molecule is CC[C@@]1(O)C(=O)OCc2c1cc1n(c2=O)Cc2c-1nc1cc(C)c(C)c3c1c2[C@@H](CC(=O)[C@H](OCNC(=O)CNC(=O)[C@H](Cc1ccccc1)NC(=O)CNC(=O)CNC(=O)CCCCCN1C(=O)C=CC1=O)C(F)(F)F)CC3. The van der Waals surface area contributed by atoms with E-state index >= 15 is 0 Å². The van der Waals surface area contributed by atoms with Gasteiger partial charge in [0, 0.05) is 54.5 Å². The van der Waals surface area contributed by atoms with Crippen molar-refractivity contribution >= 4 is 64.0 Å². The molecule has 0 radical (unpaired) electrons. The van der Waals surface area contributed by atoms with E-state index < -0.39 is 121 Å². The number of ketones is 1. The van der Waals surface area contributed by atoms with E-state index in [0.717, 1.165) is 21.6 Å². The number of alkyl halides is 3. The molecule has 4 aromatic rings. The first-order valence-electron chi connectivity index (χ1n) is 25.9. The van der Waals surface area contributed by atoms with Crippen LogP contribution in [0.2, 0.25) is 0 Å². The minimum Gasteiger partial charge on any atom is -0.458 e. The van der Waals surface area contributed by atoms with E-state index in [9.17, 15) is 66.2 Å². The number of hydrogen-bond acceptors (Lipinski definition) is 14. The number of rotatable bonds is 23. The van der Waals surface area contributed by atoms with Crippen molar-refractivity contribution in [3.63, 3.8) is 0 Å². The van der Waals surface area contributed by atoms with Gasteiger partial charge in [-0.3, -0.25) is 48.1 Å². The minimum absolute atomic E-state index is 0.0492. The van der Waals surface area contributed by atoms with Crippen LogP contribution in [0.3, 0.4) is 0 Å². The third-order valence-electron chi connectivity index (χ3n) is 14.8. The number of carbonyl (C=O) groups is 9. The molecule has 0 fully saturated rings. The second-order valence-electron chi connectivity index (χ2n) is 19.9. The number of nitrogens with zero attached hydrogens (tertiary/aromatic N) is 3. The number of nitrogens with one attached hydrogen (secondary N) is 5. The summed E-state index contributed by atoms with van der Waals surface area (Å²) >= 11 is 0. The molecule has 2 aromatic carbocycles. The molecule has 4 aliphatic rings. The van der Waals surface area contributed by atoms with Crippen molar-refractivity contribution in [1.82, 2.24) is 41.0 Å². The number of aliphatic hydroxyl groups is 1. The molecule has 1 aliphatic carbocycles. The van der Waals surface area contributed by atoms with E-state index in [4.69, 9.17) is 14.5 Å². The number of esters is 1. The normalized spacial score (nSPS) is 17.8. The van der Waals surface area contributed by atoms with Gasteiger partial charge < -0.3 is 45.7 Å². The van der Waals surface area contributed by atoms with Gasteiger partial charge in [0.15, 0.2) is 11.4 Å². The number of aryl methyl sites for hydroxylation is 2. The lowest BCUT2D eigenvalue weighted by Gasteiger charge is -2.31. The Labute approximate surface area is 450 Å². The summed E-state index contributed by atoms with van der Waals surface area (Å²) in [5.74, 6) is -7.63. The fourth-order valence-corrected chi connectivity index (χ4v) is 10.5. The van der Waals surface area contributed by atoms with Crippen LogP contribution in [-0.4, -0.2) is 124 Å². The lowest BCUT2D eigenvalue weighted by atomic mass is 9.75. The van der Waals surface area contributed by atoms with Crippen LogP contribution in [0.25, 0.3) is 22.3 Å². The Morgan fingerprint density at radius 2 is 1.54 bits per heavy atom. The number of cyclic esters (lactones) is 1. The van der Waals surface area contributed by atoms with E-state index in [0.29, 0.717) is 64.7 Å². The maximum Gasteiger partial charge on any atom is 0.421 e. The molecular weight excluding hydrogens is 1040 g/mol. The predicted molar refractivity (Wildman–Crippen MR) is 274 cm³/mol. The van der Waals surface area contributed by atoms with Crippen molar-refractivity contribution in [3.8, 4) is 11.4 Å². The number of benzene rings is 2. The number of pyridine rings is 2. The topological polar surface area (TPSA) is 291 Å². The molecule has 2 aromatic heterocycles. The zero-order valence-electron chi connectivity index (χ0n) is 43.6. The standard InChI is InChI=1S/C55H59F3N8O13/c1-4-54(77)36-22-39-49-34(26-66(39)52(75)35(36)27-78-53(54)76)47-32(14-15-33-30(3)29(2)19-37(64-49)48(33)47)21-40(67)50(55(56,57)58)79-28-62-43(70)24-61-51(74)38(20-31-11-7-5-8-12-31)63-44(71)25-60-42(69)23-59-41(68)13-9-6-10-18-65-45(72)16-17-46(65)73/h5,7-8,11-12,16-17,19,22,32,38,50,77H,4,6,9-10,13-15,18,20-21,23-28H2,1-3H3,(H,59,68)(H,60,69)(H,61,74)(H,62,70)(H,63,71)/t32-,38+,50+,54+/m1/s1. The van der Waals surface area contributed by atoms with Crippen LogP contribution in [0.15, 0.2) is 59.4 Å². The van der Waals surface area contributed by atoms with Gasteiger partial charge in [-0.1, -0.05) is 43.7 Å². The predicted octanol–water partition coefficient (Wildman–Crippen LogP) is 2.27. The summed E-state index contributed by atoms with van der Waals surface area (Å²) in [6, 6.07) is 10.5. The number of aromatic nitrogens is 2. The Kier molecular flexibility index (Phi) is 17.2. The van der Waals surface area contributed by atoms with Gasteiger partial charge in [-0.25, -0.2) is 9.78 Å². The summed E-state index contributed by atoms with van der Waals surface area (Å²) in [4.78, 5) is 134. The first-order valence-corrected chi connectivity index (χ1v) is 25.9. The highest BCUT2D eigenvalue weighted by Crippen LogP contribution is 2.48. The summed E-state index contributed by atoms with van der Waals surface area (Å²) in [7, 11) is 0. The van der Waals surface area contributed by atoms with Crippen LogP contribution < -0.4 is 32.1 Å². The zero-order chi connectivity index (χ0) is 56.9. The van der Waals surface area contributed by atoms with E-state index in [1.165, 1.54) is 22.8 Å². The summed E-state index contributed by atoms with van der Waals surface area (Å²) in [5.41, 5.74) is 3.11. The van der Waals surface area contributed by atoms with E-state index in [-0.39, 0.29) is 56.5 Å². The highest BCUT2D eigenvalue weighted by molar-refractivity contribution is 6.12. The monoisotopic (exact) mass is 1100 g/mol. The van der Waals surface area contributed by atoms with Crippen LogP contribution in [-0.2, 0) is 84.2 Å². The summed E-state index contributed by atoms with van der Waals surface area (Å²) < 4.78 is 55.9. The van der Waals surface area contributed by atoms with E-state index in [1.807, 2.05) is 19.9 Å². The first-order chi connectivity index (χ1) is 37.6. The second kappa shape index (κ2) is 23.9. The number of halogens is 3. The van der Waals surface area contributed by atoms with Crippen LogP contribution in [0, 0.1) is 13.8 Å². The molecule has 4 atom stereocenters. The highest BCUT2D eigenvalue weighted by Gasteiger charge is 2.48. The fourth-order valence-electron chi connectivity index (χ4n) is 10.5. The molecule has 79 heavy (non-hydrogen) atoms. The number of fused-ring (bicyclic) bond motifs is 5. The molecule has 3 aliphatic heterocycles. The van der Waals surface area contributed by atoms with Gasteiger partial charge in [0.25, 0.3) is 17.4 Å². The lowest BCUT2D eigenvalue weighted by Crippen LogP contribution is -2.52. The molecule has 21 nitrogen and oxygen atoms in total. The van der Waals surface area contributed by atoms with Crippen molar-refractivity contribution in [2.45, 2.75) is 122 Å². The van der Waals surface area contributed by atoms with Crippen molar-refractivity contribution in [2.75, 3.05) is 32.9 Å². The van der Waals surface area contributed by atoms with Crippen molar-refractivity contribution in [1.29, 1.82) is 0 Å². The third-order valence-corrected chi connectivity index (χ3v) is 14.8. The maximum absolute atomic E-state index is 14.7. The minimum atomic E-state index is -5.22. The van der Waals surface area contributed by atoms with E-state index in [1.54, 1.807) is 37.3 Å². The molecule has 418 valence electrons. The van der Waals surface area contributed by atoms with Gasteiger partial charge in [-0.15, -0.1) is 0 Å². The summed E-state index contributed by atoms with van der Waals surface area (Å²) in [6.45, 7) is 2.28. The van der Waals surface area contributed by atoms with Crippen LogP contribution in [0.1, 0.15) is 102 Å². The van der Waals surface area contributed by atoms with E-state index in [2.05, 4.69) is 26.6 Å². The molecule has 0 saturated carbocycles. The van der Waals surface area contributed by atoms with Crippen molar-refractivity contribution < 1.29 is 70.9 Å². The average molecular weight is 1100 g/mol. The molecule has 0 spiro atoms. The Morgan fingerprint density at radius 1 is 0.861 bits per heavy atom. The van der Waals surface area contributed by atoms with Crippen molar-refractivity contribution in [3.05, 3.63) is 109 Å². The molecule has 5 heterocycles. The molecule has 7 amide bonds. The molecule has 0 unspecified atom stereocenters. The average Bonchev–Trinajstić information content (AvgIpc) is 4.22. The molecule has 0 saturated heterocycles. The van der Waals surface area contributed by atoms with Gasteiger partial charge in [0.1, 0.15) is 19.4 Å². The Hall–Kier alpha value is -8.12. The summed E-state index contributed by atoms with van der Waals surface area (Å²) in [6.07, 6.45) is -4.43. The quantitative estimate of drug-likeness (QED) is 0.0237. The van der Waals surface area contributed by atoms with Crippen molar-refractivity contribution in [2.24, 2.45) is 0 Å². The number of ether oxygens (including phenoxy) is 2. The highest BCUT2D eigenvalue weighted by atomic mass is 19.4. The first kappa shape index (κ1) is 57.1. The largest absolute Gasteiger partial charge is 0.458 e. The number of amides is 7. The number of carbonyl (C=O) groups excluding carboxylic acids is 9. The van der Waals surface area contributed by atoms with Crippen LogP contribution >= 0.6 is 0 Å². The number of unbranched alkanes of at least 4 members (excludes halogenated alkanes) is 2. The zero-order valence-corrected chi connectivity index (χ0v) is 43.6. The Morgan fingerprint density at radius 3 is 2.25 bits per heavy atom. The van der Waals surface area contributed by atoms with Crippen LogP contribution in [0.5, 0.6) is 0 Å². The van der Waals surface area contributed by atoms with Gasteiger partial charge in [-0.2, -0.15) is 13.2 Å². The summed E-state index contributed by atoms with van der Waals surface area (Å²) in [5, 5.41) is 23.8.